The number of hydrogen-bond donors (Lipinski definition) is 0. The van der Waals surface area contributed by atoms with E-state index in [-0.39, 0.29) is 23.9 Å². The van der Waals surface area contributed by atoms with Crippen LogP contribution in [0.25, 0.3) is 11.4 Å². The van der Waals surface area contributed by atoms with E-state index < -0.39 is 0 Å². The van der Waals surface area contributed by atoms with Crippen LogP contribution in [0.4, 0.5) is 0 Å². The Bertz CT molecular complexity index is 1040. The van der Waals surface area contributed by atoms with Gasteiger partial charge in [0.25, 0.3) is 11.8 Å². The number of amides is 2. The first-order valence-corrected chi connectivity index (χ1v) is 14.2. The standard InChI is InChI=1S/C24H26Br2N2O2S2/c1-5-7-13(3)27-21(15-9-11-17(25)31-15)19-20(23(27)29)22(16-10-12-18(26)32-16)28(24(19)30)14(4)8-6-2/h9-14H,5-8H2,1-4H3. The van der Waals surface area contributed by atoms with Gasteiger partial charge in [0.2, 0.25) is 0 Å². The first-order valence-electron chi connectivity index (χ1n) is 11.0. The van der Waals surface area contributed by atoms with Crippen molar-refractivity contribution in [1.82, 2.24) is 9.80 Å². The lowest BCUT2D eigenvalue weighted by Gasteiger charge is -2.31. The Hall–Kier alpha value is -1.22. The van der Waals surface area contributed by atoms with E-state index in [0.717, 1.165) is 54.4 Å². The zero-order valence-corrected chi connectivity index (χ0v) is 23.4. The number of carbonyl (C=O) groups excluding carboxylic acids is 2. The van der Waals surface area contributed by atoms with Gasteiger partial charge in [-0.25, -0.2) is 0 Å². The van der Waals surface area contributed by atoms with Gasteiger partial charge in [-0.15, -0.1) is 22.7 Å². The summed E-state index contributed by atoms with van der Waals surface area (Å²) in [5.41, 5.74) is 2.67. The molecule has 0 aliphatic carbocycles. The van der Waals surface area contributed by atoms with Crippen molar-refractivity contribution in [2.45, 2.75) is 65.5 Å². The minimum absolute atomic E-state index is 0.0135. The third kappa shape index (κ3) is 3.97. The predicted molar refractivity (Wildman–Crippen MR) is 140 cm³/mol. The second-order valence-corrected chi connectivity index (χ2v) is 13.2. The van der Waals surface area contributed by atoms with E-state index in [4.69, 9.17) is 0 Å². The van der Waals surface area contributed by atoms with Gasteiger partial charge in [0.15, 0.2) is 0 Å². The summed E-state index contributed by atoms with van der Waals surface area (Å²) in [6, 6.07) is 8.00. The van der Waals surface area contributed by atoms with Crippen molar-refractivity contribution in [2.75, 3.05) is 0 Å². The monoisotopic (exact) mass is 596 g/mol. The summed E-state index contributed by atoms with van der Waals surface area (Å²) in [5.74, 6) is -0.112. The molecule has 2 aromatic heterocycles. The fourth-order valence-corrected chi connectivity index (χ4v) is 7.51. The van der Waals surface area contributed by atoms with Crippen LogP contribution in [-0.4, -0.2) is 33.7 Å². The minimum Gasteiger partial charge on any atom is -0.303 e. The number of halogens is 2. The van der Waals surface area contributed by atoms with Crippen LogP contribution in [0.15, 0.2) is 43.0 Å². The summed E-state index contributed by atoms with van der Waals surface area (Å²) in [6.07, 6.45) is 3.71. The van der Waals surface area contributed by atoms with E-state index >= 15 is 0 Å². The normalized spacial score (nSPS) is 18.3. The molecular weight excluding hydrogens is 572 g/mol. The molecular formula is C24H26Br2N2O2S2. The van der Waals surface area contributed by atoms with Crippen molar-refractivity contribution in [2.24, 2.45) is 0 Å². The van der Waals surface area contributed by atoms with Crippen LogP contribution in [0.2, 0.25) is 0 Å². The van der Waals surface area contributed by atoms with Gasteiger partial charge in [-0.3, -0.25) is 9.59 Å². The van der Waals surface area contributed by atoms with Crippen molar-refractivity contribution in [3.8, 4) is 0 Å². The molecule has 4 heterocycles. The maximum atomic E-state index is 14.0. The maximum Gasteiger partial charge on any atom is 0.261 e. The van der Waals surface area contributed by atoms with Crippen LogP contribution in [0.1, 0.15) is 63.1 Å². The molecule has 2 aliphatic heterocycles. The van der Waals surface area contributed by atoms with Gasteiger partial charge in [-0.05, 0) is 82.8 Å². The van der Waals surface area contributed by atoms with E-state index in [1.165, 1.54) is 0 Å². The molecule has 8 heteroatoms. The molecule has 170 valence electrons. The molecule has 2 atom stereocenters. The average Bonchev–Trinajstić information content (AvgIpc) is 3.48. The van der Waals surface area contributed by atoms with Gasteiger partial charge in [-0.1, -0.05) is 26.7 Å². The zero-order valence-electron chi connectivity index (χ0n) is 18.6. The topological polar surface area (TPSA) is 40.6 Å². The Kier molecular flexibility index (Phi) is 7.15. The fourth-order valence-electron chi connectivity index (χ4n) is 4.64. The van der Waals surface area contributed by atoms with Crippen LogP contribution in [0.3, 0.4) is 0 Å². The van der Waals surface area contributed by atoms with E-state index in [1.807, 2.05) is 34.1 Å². The van der Waals surface area contributed by atoms with Gasteiger partial charge >= 0.3 is 0 Å². The highest BCUT2D eigenvalue weighted by Crippen LogP contribution is 2.50. The molecule has 4 rings (SSSR count). The molecule has 0 fully saturated rings. The first kappa shape index (κ1) is 23.9. The number of rotatable bonds is 8. The van der Waals surface area contributed by atoms with Gasteiger partial charge in [-0.2, -0.15) is 0 Å². The highest BCUT2D eigenvalue weighted by molar-refractivity contribution is 9.11. The largest absolute Gasteiger partial charge is 0.303 e. The maximum absolute atomic E-state index is 14.0. The zero-order chi connectivity index (χ0) is 23.2. The molecule has 0 aromatic carbocycles. The minimum atomic E-state index is -0.0560. The second kappa shape index (κ2) is 9.57. The third-order valence-corrected chi connectivity index (χ3v) is 9.24. The van der Waals surface area contributed by atoms with E-state index in [2.05, 4.69) is 59.6 Å². The van der Waals surface area contributed by atoms with Crippen molar-refractivity contribution in [3.63, 3.8) is 0 Å². The van der Waals surface area contributed by atoms with Crippen LogP contribution < -0.4 is 0 Å². The molecule has 0 bridgehead atoms. The highest BCUT2D eigenvalue weighted by Gasteiger charge is 2.51. The molecule has 2 aromatic rings. The van der Waals surface area contributed by atoms with Gasteiger partial charge in [0, 0.05) is 12.1 Å². The average molecular weight is 598 g/mol. The molecule has 2 amide bonds. The SMILES string of the molecule is CCCC(C)N1C(=O)C2=C(c3ccc(Br)s3)N(C(C)CCC)C(=O)C2=C1c1ccc(Br)s1. The van der Waals surface area contributed by atoms with Crippen LogP contribution in [0, 0.1) is 0 Å². The first-order chi connectivity index (χ1) is 15.3. The molecule has 4 nitrogen and oxygen atoms in total. The summed E-state index contributed by atoms with van der Waals surface area (Å²) < 4.78 is 1.97. The van der Waals surface area contributed by atoms with Gasteiger partial charge in [0.05, 0.1) is 39.9 Å². The molecule has 0 saturated carbocycles. The lowest BCUT2D eigenvalue weighted by Crippen LogP contribution is -2.37. The quantitative estimate of drug-likeness (QED) is 0.316. The van der Waals surface area contributed by atoms with Crippen molar-refractivity contribution in [1.29, 1.82) is 0 Å². The highest BCUT2D eigenvalue weighted by atomic mass is 79.9. The smallest absolute Gasteiger partial charge is 0.261 e. The fraction of sp³-hybridized carbons (Fsp3) is 0.417. The molecule has 2 unspecified atom stereocenters. The number of carbonyl (C=O) groups is 2. The van der Waals surface area contributed by atoms with Crippen molar-refractivity contribution >= 4 is 77.7 Å². The molecule has 0 radical (unpaired) electrons. The Morgan fingerprint density at radius 3 is 1.41 bits per heavy atom. The second-order valence-electron chi connectivity index (χ2n) is 8.28. The molecule has 2 aliphatic rings. The number of thiophene rings is 2. The van der Waals surface area contributed by atoms with Crippen LogP contribution in [0.5, 0.6) is 0 Å². The number of fused-ring (bicyclic) bond motifs is 1. The Morgan fingerprint density at radius 1 is 0.750 bits per heavy atom. The molecule has 0 saturated heterocycles. The number of hydrogen-bond acceptors (Lipinski definition) is 4. The Morgan fingerprint density at radius 2 is 1.12 bits per heavy atom. The summed E-state index contributed by atoms with van der Waals surface area (Å²) in [4.78, 5) is 33.6. The predicted octanol–water partition coefficient (Wildman–Crippen LogP) is 7.52. The lowest BCUT2D eigenvalue weighted by atomic mass is 10.1. The van der Waals surface area contributed by atoms with Gasteiger partial charge < -0.3 is 9.80 Å². The summed E-state index contributed by atoms with van der Waals surface area (Å²) in [7, 11) is 0. The summed E-state index contributed by atoms with van der Waals surface area (Å²) in [6.45, 7) is 8.41. The van der Waals surface area contributed by atoms with E-state index in [1.54, 1.807) is 22.7 Å². The van der Waals surface area contributed by atoms with Crippen LogP contribution in [-0.2, 0) is 9.59 Å². The molecule has 32 heavy (non-hydrogen) atoms. The van der Waals surface area contributed by atoms with Gasteiger partial charge in [0.1, 0.15) is 0 Å². The molecule has 0 spiro atoms. The summed E-state index contributed by atoms with van der Waals surface area (Å²) in [5, 5.41) is 0. The Labute approximate surface area is 214 Å². The van der Waals surface area contributed by atoms with Crippen molar-refractivity contribution in [3.05, 3.63) is 52.7 Å². The van der Waals surface area contributed by atoms with E-state index in [9.17, 15) is 9.59 Å². The lowest BCUT2D eigenvalue weighted by molar-refractivity contribution is -0.125. The molecule has 0 N–H and O–H groups in total. The third-order valence-electron chi connectivity index (χ3n) is 5.98. The van der Waals surface area contributed by atoms with E-state index in [0.29, 0.717) is 11.1 Å². The summed E-state index contributed by atoms with van der Waals surface area (Å²) >= 11 is 10.2. The number of nitrogens with zero attached hydrogens (tertiary/aromatic N) is 2. The van der Waals surface area contributed by atoms with Crippen LogP contribution >= 0.6 is 54.5 Å². The van der Waals surface area contributed by atoms with Crippen molar-refractivity contribution < 1.29 is 9.59 Å². The Balaban J connectivity index is 1.99.